The smallest absolute Gasteiger partial charge is 0.185 e. The summed E-state index contributed by atoms with van der Waals surface area (Å²) in [6.07, 6.45) is 4.81. The normalized spacial score (nSPS) is 10.9. The van der Waals surface area contributed by atoms with Crippen LogP contribution in [0.15, 0.2) is 109 Å². The Hall–Kier alpha value is -4.04. The van der Waals surface area contributed by atoms with Crippen LogP contribution in [0.4, 0.5) is 0 Å². The van der Waals surface area contributed by atoms with Gasteiger partial charge in [-0.3, -0.25) is 9.59 Å². The number of allylic oxidation sites excluding steroid dienone is 1. The van der Waals surface area contributed by atoms with Gasteiger partial charge in [0.15, 0.2) is 5.78 Å². The molecule has 0 aliphatic carbocycles. The summed E-state index contributed by atoms with van der Waals surface area (Å²) in [4.78, 5) is 23.5. The molecule has 0 spiro atoms. The maximum absolute atomic E-state index is 12.2. The zero-order valence-electron chi connectivity index (χ0n) is 18.7. The Balaban J connectivity index is 1.37. The first-order valence-corrected chi connectivity index (χ1v) is 11.1. The lowest BCUT2D eigenvalue weighted by Gasteiger charge is -2.07. The summed E-state index contributed by atoms with van der Waals surface area (Å²) < 4.78 is 0. The van der Waals surface area contributed by atoms with Crippen LogP contribution < -0.4 is 0 Å². The van der Waals surface area contributed by atoms with E-state index in [4.69, 9.17) is 0 Å². The van der Waals surface area contributed by atoms with E-state index in [2.05, 4.69) is 48.5 Å². The maximum Gasteiger partial charge on any atom is 0.185 e. The maximum atomic E-state index is 12.2. The summed E-state index contributed by atoms with van der Waals surface area (Å²) in [6, 6.07) is 34.4. The second-order valence-electron chi connectivity index (χ2n) is 8.25. The predicted molar refractivity (Wildman–Crippen MR) is 135 cm³/mol. The van der Waals surface area contributed by atoms with Gasteiger partial charge in [0, 0.05) is 12.0 Å². The molecule has 0 aliphatic rings. The van der Waals surface area contributed by atoms with Gasteiger partial charge in [0.25, 0.3) is 0 Å². The quantitative estimate of drug-likeness (QED) is 0.223. The summed E-state index contributed by atoms with van der Waals surface area (Å²) in [7, 11) is 0. The number of benzene rings is 4. The number of rotatable bonds is 8. The van der Waals surface area contributed by atoms with Crippen molar-refractivity contribution in [1.29, 1.82) is 0 Å². The minimum absolute atomic E-state index is 0.00765. The van der Waals surface area contributed by atoms with Crippen LogP contribution in [0, 0.1) is 0 Å². The molecule has 4 aromatic carbocycles. The van der Waals surface area contributed by atoms with E-state index in [1.165, 1.54) is 11.1 Å². The average Bonchev–Trinajstić information content (AvgIpc) is 2.85. The monoisotopic (exact) mass is 430 g/mol. The van der Waals surface area contributed by atoms with Crippen LogP contribution in [-0.4, -0.2) is 11.6 Å². The molecule has 0 heterocycles. The Morgan fingerprint density at radius 2 is 1.15 bits per heavy atom. The molecular weight excluding hydrogens is 404 g/mol. The van der Waals surface area contributed by atoms with Gasteiger partial charge in [-0.2, -0.15) is 0 Å². The third-order valence-corrected chi connectivity index (χ3v) is 5.57. The molecule has 0 fully saturated rings. The Kier molecular flexibility index (Phi) is 7.06. The third-order valence-electron chi connectivity index (χ3n) is 5.57. The van der Waals surface area contributed by atoms with E-state index in [0.717, 1.165) is 28.7 Å². The molecule has 0 atom stereocenters. The van der Waals surface area contributed by atoms with Crippen LogP contribution in [0.1, 0.15) is 39.5 Å². The van der Waals surface area contributed by atoms with E-state index in [0.29, 0.717) is 12.0 Å². The van der Waals surface area contributed by atoms with Gasteiger partial charge in [0.1, 0.15) is 5.78 Å². The van der Waals surface area contributed by atoms with Crippen LogP contribution in [-0.2, 0) is 17.6 Å². The summed E-state index contributed by atoms with van der Waals surface area (Å²) in [5.74, 6) is 0.185. The number of carbonyl (C=O) groups excluding carboxylic acids is 2. The minimum Gasteiger partial charge on any atom is -0.300 e. The standard InChI is InChI=1S/C31H26O2/c1-23(32)21-25-11-16-28(17-12-25)29-18-13-27(14-19-29)22-26-9-7-24(8-10-26)15-20-31(33)30-5-3-2-4-6-30/h2-20H,21-22H2,1H3/b20-15+. The molecule has 2 nitrogen and oxygen atoms in total. The Bertz CT molecular complexity index is 1250. The van der Waals surface area contributed by atoms with Gasteiger partial charge in [0.05, 0.1) is 0 Å². The fourth-order valence-corrected chi connectivity index (χ4v) is 3.77. The van der Waals surface area contributed by atoms with E-state index in [1.807, 2.05) is 60.7 Å². The van der Waals surface area contributed by atoms with E-state index >= 15 is 0 Å². The highest BCUT2D eigenvalue weighted by Crippen LogP contribution is 2.22. The highest BCUT2D eigenvalue weighted by molar-refractivity contribution is 6.06. The van der Waals surface area contributed by atoms with E-state index < -0.39 is 0 Å². The molecule has 2 heteroatoms. The first-order chi connectivity index (χ1) is 16.1. The molecule has 0 aromatic heterocycles. The SMILES string of the molecule is CC(=O)Cc1ccc(-c2ccc(Cc3ccc(/C=C/C(=O)c4ccccc4)cc3)cc2)cc1. The molecule has 0 saturated carbocycles. The van der Waals surface area contributed by atoms with Gasteiger partial charge in [0.2, 0.25) is 0 Å². The van der Waals surface area contributed by atoms with Crippen LogP contribution in [0.5, 0.6) is 0 Å². The molecule has 0 aliphatic heterocycles. The molecule has 0 unspecified atom stereocenters. The molecule has 0 saturated heterocycles. The highest BCUT2D eigenvalue weighted by Gasteiger charge is 2.03. The van der Waals surface area contributed by atoms with Gasteiger partial charge in [-0.15, -0.1) is 0 Å². The van der Waals surface area contributed by atoms with Gasteiger partial charge < -0.3 is 0 Å². The minimum atomic E-state index is 0.00765. The lowest BCUT2D eigenvalue weighted by molar-refractivity contribution is -0.116. The van der Waals surface area contributed by atoms with Gasteiger partial charge in [-0.25, -0.2) is 0 Å². The number of hydrogen-bond donors (Lipinski definition) is 0. The third kappa shape index (κ3) is 6.24. The van der Waals surface area contributed by atoms with E-state index in [9.17, 15) is 9.59 Å². The fraction of sp³-hybridized carbons (Fsp3) is 0.0968. The molecule has 0 bridgehead atoms. The van der Waals surface area contributed by atoms with E-state index in [1.54, 1.807) is 13.0 Å². The molecule has 0 N–H and O–H groups in total. The zero-order valence-corrected chi connectivity index (χ0v) is 18.7. The first kappa shape index (κ1) is 22.2. The molecule has 4 aromatic rings. The molecule has 0 radical (unpaired) electrons. The molecule has 33 heavy (non-hydrogen) atoms. The van der Waals surface area contributed by atoms with E-state index in [-0.39, 0.29) is 11.6 Å². The fourth-order valence-electron chi connectivity index (χ4n) is 3.77. The van der Waals surface area contributed by atoms with Crippen molar-refractivity contribution in [3.05, 3.63) is 137 Å². The summed E-state index contributed by atoms with van der Waals surface area (Å²) in [5.41, 5.74) is 7.53. The lowest BCUT2D eigenvalue weighted by atomic mass is 9.98. The van der Waals surface area contributed by atoms with Gasteiger partial charge in [-0.1, -0.05) is 109 Å². The second kappa shape index (κ2) is 10.5. The van der Waals surface area contributed by atoms with Crippen LogP contribution in [0.3, 0.4) is 0 Å². The van der Waals surface area contributed by atoms with Crippen LogP contribution in [0.25, 0.3) is 17.2 Å². The topological polar surface area (TPSA) is 34.1 Å². The number of carbonyl (C=O) groups is 2. The van der Waals surface area contributed by atoms with Crippen molar-refractivity contribution in [3.8, 4) is 11.1 Å². The largest absolute Gasteiger partial charge is 0.300 e. The zero-order chi connectivity index (χ0) is 23.0. The van der Waals surface area contributed by atoms with Crippen LogP contribution >= 0.6 is 0 Å². The van der Waals surface area contributed by atoms with Crippen molar-refractivity contribution in [2.45, 2.75) is 19.8 Å². The lowest BCUT2D eigenvalue weighted by Crippen LogP contribution is -1.95. The first-order valence-electron chi connectivity index (χ1n) is 11.1. The summed E-state index contributed by atoms with van der Waals surface area (Å²) >= 11 is 0. The summed E-state index contributed by atoms with van der Waals surface area (Å²) in [6.45, 7) is 1.61. The molecule has 0 amide bonds. The average molecular weight is 431 g/mol. The van der Waals surface area contributed by atoms with Crippen molar-refractivity contribution in [2.24, 2.45) is 0 Å². The number of ketones is 2. The van der Waals surface area contributed by atoms with Gasteiger partial charge >= 0.3 is 0 Å². The van der Waals surface area contributed by atoms with Crippen LogP contribution in [0.2, 0.25) is 0 Å². The van der Waals surface area contributed by atoms with Crippen molar-refractivity contribution in [3.63, 3.8) is 0 Å². The van der Waals surface area contributed by atoms with Crippen molar-refractivity contribution >= 4 is 17.6 Å². The van der Waals surface area contributed by atoms with Crippen molar-refractivity contribution in [1.82, 2.24) is 0 Å². The Morgan fingerprint density at radius 3 is 1.70 bits per heavy atom. The Labute approximate surface area is 195 Å². The highest BCUT2D eigenvalue weighted by atomic mass is 16.1. The molecular formula is C31H26O2. The van der Waals surface area contributed by atoms with Gasteiger partial charge in [-0.05, 0) is 52.8 Å². The molecule has 4 rings (SSSR count). The van der Waals surface area contributed by atoms with Crippen molar-refractivity contribution in [2.75, 3.05) is 0 Å². The number of hydrogen-bond acceptors (Lipinski definition) is 2. The Morgan fingerprint density at radius 1 is 0.636 bits per heavy atom. The summed E-state index contributed by atoms with van der Waals surface area (Å²) in [5, 5.41) is 0. The second-order valence-corrected chi connectivity index (χ2v) is 8.25. The predicted octanol–water partition coefficient (Wildman–Crippen LogP) is 6.97. The molecule has 162 valence electrons. The van der Waals surface area contributed by atoms with Crippen molar-refractivity contribution < 1.29 is 9.59 Å². The number of Topliss-reactive ketones (excluding diaryl/α,β-unsaturated/α-hetero) is 1.